The van der Waals surface area contributed by atoms with Crippen LogP contribution in [0.2, 0.25) is 0 Å². The van der Waals surface area contributed by atoms with E-state index >= 15 is 0 Å². The lowest BCUT2D eigenvalue weighted by atomic mass is 9.89. The van der Waals surface area contributed by atoms with Gasteiger partial charge in [-0.25, -0.2) is 8.42 Å². The van der Waals surface area contributed by atoms with E-state index in [1.165, 1.54) is 13.8 Å². The fraction of sp³-hybridized carbons (Fsp3) is 0.818. The van der Waals surface area contributed by atoms with Crippen molar-refractivity contribution < 1.29 is 23.1 Å². The minimum Gasteiger partial charge on any atom is -0.481 e. The molecule has 0 saturated carbocycles. The Hall–Kier alpha value is -1.11. The maximum absolute atomic E-state index is 11.6. The normalized spacial score (nSPS) is 22.7. The number of carbonyl (C=O) groups excluding carboxylic acids is 1. The Kier molecular flexibility index (Phi) is 4.37. The number of carbonyl (C=O) groups is 2. The summed E-state index contributed by atoms with van der Waals surface area (Å²) in [5.74, 6) is -1.30. The van der Waals surface area contributed by atoms with Gasteiger partial charge in [-0.3, -0.25) is 9.59 Å². The first kappa shape index (κ1) is 14.9. The van der Waals surface area contributed by atoms with E-state index in [4.69, 9.17) is 5.11 Å². The summed E-state index contributed by atoms with van der Waals surface area (Å²) in [6.07, 6.45) is 1.03. The highest BCUT2D eigenvalue weighted by Gasteiger charge is 2.33. The number of rotatable bonds is 5. The molecule has 1 amide bonds. The van der Waals surface area contributed by atoms with E-state index < -0.39 is 32.4 Å². The number of sulfone groups is 1. The smallest absolute Gasteiger partial charge is 0.309 e. The molecule has 1 fully saturated rings. The number of hydrogen-bond donors (Lipinski definition) is 2. The Balaban J connectivity index is 2.45. The molecule has 0 spiro atoms. The molecule has 0 aliphatic carbocycles. The highest BCUT2D eigenvalue weighted by molar-refractivity contribution is 7.92. The van der Waals surface area contributed by atoms with Gasteiger partial charge in [-0.1, -0.05) is 0 Å². The zero-order valence-electron chi connectivity index (χ0n) is 10.6. The van der Waals surface area contributed by atoms with E-state index in [1.807, 2.05) is 0 Å². The third-order valence-corrected chi connectivity index (χ3v) is 5.45. The van der Waals surface area contributed by atoms with Crippen LogP contribution in [-0.2, 0) is 19.4 Å². The molecule has 0 aromatic rings. The van der Waals surface area contributed by atoms with Crippen LogP contribution in [0.5, 0.6) is 0 Å². The standard InChI is InChI=1S/C11H19NO5S/c1-11(2,10(14)15)6-9(13)12-7-8-4-3-5-18(8,16)17/h8H,3-7H2,1-2H3,(H,12,13)(H,14,15). The van der Waals surface area contributed by atoms with Crippen LogP contribution in [-0.4, -0.2) is 42.9 Å². The topological polar surface area (TPSA) is 101 Å². The maximum Gasteiger partial charge on any atom is 0.309 e. The van der Waals surface area contributed by atoms with Crippen molar-refractivity contribution in [2.45, 2.75) is 38.4 Å². The van der Waals surface area contributed by atoms with Gasteiger partial charge >= 0.3 is 5.97 Å². The molecule has 7 heteroatoms. The quantitative estimate of drug-likeness (QED) is 0.746. The van der Waals surface area contributed by atoms with Gasteiger partial charge in [-0.2, -0.15) is 0 Å². The van der Waals surface area contributed by atoms with Gasteiger partial charge in [0.25, 0.3) is 0 Å². The van der Waals surface area contributed by atoms with E-state index in [-0.39, 0.29) is 18.7 Å². The number of amides is 1. The Labute approximate surface area is 107 Å². The van der Waals surface area contributed by atoms with Crippen molar-refractivity contribution in [2.24, 2.45) is 5.41 Å². The molecular weight excluding hydrogens is 258 g/mol. The molecule has 0 aromatic heterocycles. The van der Waals surface area contributed by atoms with Crippen LogP contribution in [0.25, 0.3) is 0 Å². The predicted octanol–water partition coefficient (Wildman–Crippen LogP) is 0.181. The minimum absolute atomic E-state index is 0.0802. The Bertz CT molecular complexity index is 440. The summed E-state index contributed by atoms with van der Waals surface area (Å²) in [6, 6.07) is 0. The molecule has 18 heavy (non-hydrogen) atoms. The van der Waals surface area contributed by atoms with Gasteiger partial charge in [0.05, 0.1) is 16.4 Å². The van der Waals surface area contributed by atoms with E-state index in [0.717, 1.165) is 0 Å². The highest BCUT2D eigenvalue weighted by atomic mass is 32.2. The van der Waals surface area contributed by atoms with Gasteiger partial charge in [0.1, 0.15) is 0 Å². The van der Waals surface area contributed by atoms with Gasteiger partial charge in [-0.05, 0) is 26.7 Å². The summed E-state index contributed by atoms with van der Waals surface area (Å²) in [6.45, 7) is 3.00. The van der Waals surface area contributed by atoms with Gasteiger partial charge in [0.15, 0.2) is 9.84 Å². The molecule has 6 nitrogen and oxygen atoms in total. The third-order valence-electron chi connectivity index (χ3n) is 3.17. The van der Waals surface area contributed by atoms with Crippen molar-refractivity contribution in [1.82, 2.24) is 5.32 Å². The van der Waals surface area contributed by atoms with Crippen molar-refractivity contribution in [2.75, 3.05) is 12.3 Å². The zero-order chi connectivity index (χ0) is 14.0. The molecule has 104 valence electrons. The van der Waals surface area contributed by atoms with Crippen molar-refractivity contribution in [3.05, 3.63) is 0 Å². The first-order chi connectivity index (χ1) is 8.15. The van der Waals surface area contributed by atoms with Crippen LogP contribution >= 0.6 is 0 Å². The zero-order valence-corrected chi connectivity index (χ0v) is 11.4. The first-order valence-corrected chi connectivity index (χ1v) is 7.58. The van der Waals surface area contributed by atoms with E-state index in [1.54, 1.807) is 0 Å². The third kappa shape index (κ3) is 3.69. The molecule has 2 N–H and O–H groups in total. The summed E-state index contributed by atoms with van der Waals surface area (Å²) < 4.78 is 23.0. The number of carboxylic acid groups (broad SMARTS) is 1. The number of carboxylic acids is 1. The lowest BCUT2D eigenvalue weighted by Gasteiger charge is -2.19. The van der Waals surface area contributed by atoms with Gasteiger partial charge in [-0.15, -0.1) is 0 Å². The number of nitrogens with one attached hydrogen (secondary N) is 1. The van der Waals surface area contributed by atoms with Crippen LogP contribution in [0, 0.1) is 5.41 Å². The summed E-state index contributed by atoms with van der Waals surface area (Å²) in [7, 11) is -3.07. The molecule has 1 aliphatic rings. The van der Waals surface area contributed by atoms with E-state index in [0.29, 0.717) is 12.8 Å². The van der Waals surface area contributed by atoms with Gasteiger partial charge < -0.3 is 10.4 Å². The van der Waals surface area contributed by atoms with Crippen molar-refractivity contribution in [3.8, 4) is 0 Å². The van der Waals surface area contributed by atoms with Gasteiger partial charge in [0, 0.05) is 13.0 Å². The number of hydrogen-bond acceptors (Lipinski definition) is 4. The minimum atomic E-state index is -3.07. The summed E-state index contributed by atoms with van der Waals surface area (Å²) in [4.78, 5) is 22.4. The van der Waals surface area contributed by atoms with Crippen LogP contribution in [0.15, 0.2) is 0 Å². The second-order valence-electron chi connectivity index (χ2n) is 5.30. The molecule has 1 atom stereocenters. The molecule has 0 radical (unpaired) electrons. The van der Waals surface area contributed by atoms with Crippen LogP contribution < -0.4 is 5.32 Å². The molecule has 1 unspecified atom stereocenters. The van der Waals surface area contributed by atoms with E-state index in [2.05, 4.69) is 5.32 Å². The Morgan fingerprint density at radius 1 is 1.39 bits per heavy atom. The fourth-order valence-corrected chi connectivity index (χ4v) is 3.62. The molecule has 0 bridgehead atoms. The lowest BCUT2D eigenvalue weighted by molar-refractivity contribution is -0.149. The second-order valence-corrected chi connectivity index (χ2v) is 7.70. The largest absolute Gasteiger partial charge is 0.481 e. The lowest BCUT2D eigenvalue weighted by Crippen LogP contribution is -2.38. The van der Waals surface area contributed by atoms with E-state index in [9.17, 15) is 18.0 Å². The first-order valence-electron chi connectivity index (χ1n) is 5.87. The summed E-state index contributed by atoms with van der Waals surface area (Å²) in [5, 5.41) is 10.9. The number of aliphatic carboxylic acids is 1. The van der Waals surface area contributed by atoms with Crippen LogP contribution in [0.1, 0.15) is 33.1 Å². The van der Waals surface area contributed by atoms with Crippen LogP contribution in [0.4, 0.5) is 0 Å². The Morgan fingerprint density at radius 3 is 2.44 bits per heavy atom. The molecule has 1 heterocycles. The monoisotopic (exact) mass is 277 g/mol. The summed E-state index contributed by atoms with van der Waals surface area (Å²) in [5.41, 5.74) is -1.14. The Morgan fingerprint density at radius 2 is 2.00 bits per heavy atom. The van der Waals surface area contributed by atoms with Gasteiger partial charge in [0.2, 0.25) is 5.91 Å². The SMILES string of the molecule is CC(C)(CC(=O)NCC1CCCS1(=O)=O)C(=O)O. The average Bonchev–Trinajstić information content (AvgIpc) is 2.53. The van der Waals surface area contributed by atoms with Crippen molar-refractivity contribution in [3.63, 3.8) is 0 Å². The van der Waals surface area contributed by atoms with Crippen LogP contribution in [0.3, 0.4) is 0 Å². The molecule has 1 saturated heterocycles. The molecule has 1 rings (SSSR count). The van der Waals surface area contributed by atoms with Crippen molar-refractivity contribution in [1.29, 1.82) is 0 Å². The summed E-state index contributed by atoms with van der Waals surface area (Å²) >= 11 is 0. The average molecular weight is 277 g/mol. The molecule has 0 aromatic carbocycles. The fourth-order valence-electron chi connectivity index (χ4n) is 1.85. The van der Waals surface area contributed by atoms with Crippen molar-refractivity contribution >= 4 is 21.7 Å². The highest BCUT2D eigenvalue weighted by Crippen LogP contribution is 2.21. The molecular formula is C11H19NO5S. The molecule has 1 aliphatic heterocycles. The maximum atomic E-state index is 11.6. The predicted molar refractivity (Wildman–Crippen MR) is 65.9 cm³/mol. The second kappa shape index (κ2) is 5.26.